The Morgan fingerprint density at radius 1 is 1.38 bits per heavy atom. The van der Waals surface area contributed by atoms with Crippen LogP contribution in [0.15, 0.2) is 0 Å². The van der Waals surface area contributed by atoms with Crippen molar-refractivity contribution in [3.8, 4) is 0 Å². The summed E-state index contributed by atoms with van der Waals surface area (Å²) in [6.07, 6.45) is -4.43. The third-order valence-electron chi connectivity index (χ3n) is 1.69. The zero-order chi connectivity index (χ0) is 12.8. The zero-order valence-corrected chi connectivity index (χ0v) is 9.23. The Kier molecular flexibility index (Phi) is 5.74. The van der Waals surface area contributed by atoms with Crippen molar-refractivity contribution in [3.63, 3.8) is 0 Å². The molecule has 0 radical (unpaired) electrons. The van der Waals surface area contributed by atoms with E-state index in [4.69, 9.17) is 5.11 Å². The van der Waals surface area contributed by atoms with Gasteiger partial charge in [-0.25, -0.2) is 0 Å². The Morgan fingerprint density at radius 2 is 1.94 bits per heavy atom. The molecule has 0 aromatic rings. The number of nitrogens with one attached hydrogen (secondary N) is 1. The van der Waals surface area contributed by atoms with Crippen LogP contribution in [0.4, 0.5) is 13.2 Å². The fourth-order valence-corrected chi connectivity index (χ4v) is 0.704. The summed E-state index contributed by atoms with van der Waals surface area (Å²) in [7, 11) is 0. The van der Waals surface area contributed by atoms with E-state index in [1.165, 1.54) is 0 Å². The minimum Gasteiger partial charge on any atom is -0.396 e. The standard InChI is InChI=1S/C9H16F3NO3/c1-8(2,5-14)4-13-7(15)3-16-6-9(10,11)12/h14H,3-6H2,1-2H3,(H,13,15). The molecule has 0 aromatic heterocycles. The summed E-state index contributed by atoms with van der Waals surface area (Å²) in [5, 5.41) is 11.2. The van der Waals surface area contributed by atoms with Gasteiger partial charge in [-0.1, -0.05) is 13.8 Å². The molecule has 0 unspecified atom stereocenters. The predicted octanol–water partition coefficient (Wildman–Crippen LogP) is 0.700. The van der Waals surface area contributed by atoms with Gasteiger partial charge in [0.25, 0.3) is 0 Å². The first kappa shape index (κ1) is 15.2. The number of carbonyl (C=O) groups excluding carboxylic acids is 1. The van der Waals surface area contributed by atoms with E-state index < -0.39 is 30.7 Å². The summed E-state index contributed by atoms with van der Waals surface area (Å²) in [6, 6.07) is 0. The lowest BCUT2D eigenvalue weighted by Gasteiger charge is -2.21. The highest BCUT2D eigenvalue weighted by molar-refractivity contribution is 5.77. The number of hydrogen-bond acceptors (Lipinski definition) is 3. The van der Waals surface area contributed by atoms with Crippen molar-refractivity contribution in [2.45, 2.75) is 20.0 Å². The predicted molar refractivity (Wildman–Crippen MR) is 50.8 cm³/mol. The van der Waals surface area contributed by atoms with E-state index in [2.05, 4.69) is 10.1 Å². The van der Waals surface area contributed by atoms with Gasteiger partial charge < -0.3 is 15.2 Å². The van der Waals surface area contributed by atoms with Crippen LogP contribution in [0.25, 0.3) is 0 Å². The van der Waals surface area contributed by atoms with Gasteiger partial charge in [0.05, 0.1) is 0 Å². The molecule has 96 valence electrons. The van der Waals surface area contributed by atoms with E-state index in [0.29, 0.717) is 0 Å². The van der Waals surface area contributed by atoms with Gasteiger partial charge in [0.15, 0.2) is 0 Å². The van der Waals surface area contributed by atoms with Crippen molar-refractivity contribution in [1.29, 1.82) is 0 Å². The lowest BCUT2D eigenvalue weighted by Crippen LogP contribution is -2.38. The van der Waals surface area contributed by atoms with Crippen molar-refractivity contribution >= 4 is 5.91 Å². The first-order valence-electron chi connectivity index (χ1n) is 4.68. The molecular weight excluding hydrogens is 227 g/mol. The third-order valence-corrected chi connectivity index (χ3v) is 1.69. The molecule has 0 saturated heterocycles. The molecule has 7 heteroatoms. The van der Waals surface area contributed by atoms with Crippen LogP contribution in [-0.2, 0) is 9.53 Å². The molecule has 0 aromatic carbocycles. The maximum Gasteiger partial charge on any atom is 0.411 e. The fraction of sp³-hybridized carbons (Fsp3) is 0.889. The van der Waals surface area contributed by atoms with E-state index in [1.807, 2.05) is 0 Å². The first-order chi connectivity index (χ1) is 7.16. The van der Waals surface area contributed by atoms with Gasteiger partial charge in [-0.2, -0.15) is 13.2 Å². The van der Waals surface area contributed by atoms with E-state index in [-0.39, 0.29) is 13.2 Å². The highest BCUT2D eigenvalue weighted by Gasteiger charge is 2.27. The lowest BCUT2D eigenvalue weighted by molar-refractivity contribution is -0.175. The van der Waals surface area contributed by atoms with Crippen molar-refractivity contribution < 1.29 is 27.8 Å². The molecule has 1 amide bonds. The van der Waals surface area contributed by atoms with Gasteiger partial charge >= 0.3 is 6.18 Å². The fourth-order valence-electron chi connectivity index (χ4n) is 0.704. The molecular formula is C9H16F3NO3. The largest absolute Gasteiger partial charge is 0.411 e. The summed E-state index contributed by atoms with van der Waals surface area (Å²) >= 11 is 0. The van der Waals surface area contributed by atoms with E-state index in [9.17, 15) is 18.0 Å². The van der Waals surface area contributed by atoms with Crippen LogP contribution in [0.1, 0.15) is 13.8 Å². The van der Waals surface area contributed by atoms with Gasteiger partial charge in [-0.15, -0.1) is 0 Å². The Morgan fingerprint density at radius 3 is 2.38 bits per heavy atom. The smallest absolute Gasteiger partial charge is 0.396 e. The van der Waals surface area contributed by atoms with Crippen LogP contribution >= 0.6 is 0 Å². The Labute approximate surface area is 91.8 Å². The van der Waals surface area contributed by atoms with Crippen molar-refractivity contribution in [1.82, 2.24) is 5.32 Å². The molecule has 2 N–H and O–H groups in total. The number of hydrogen-bond donors (Lipinski definition) is 2. The monoisotopic (exact) mass is 243 g/mol. The molecule has 0 fully saturated rings. The molecule has 16 heavy (non-hydrogen) atoms. The Hall–Kier alpha value is -0.820. The second-order valence-corrected chi connectivity index (χ2v) is 4.21. The average Bonchev–Trinajstić information content (AvgIpc) is 2.13. The molecule has 0 aliphatic carbocycles. The van der Waals surface area contributed by atoms with Gasteiger partial charge in [0.1, 0.15) is 13.2 Å². The maximum absolute atomic E-state index is 11.6. The average molecular weight is 243 g/mol. The van der Waals surface area contributed by atoms with Crippen LogP contribution in [0.3, 0.4) is 0 Å². The zero-order valence-electron chi connectivity index (χ0n) is 9.23. The molecule has 0 bridgehead atoms. The molecule has 4 nitrogen and oxygen atoms in total. The summed E-state index contributed by atoms with van der Waals surface area (Å²) in [5.41, 5.74) is -0.500. The quantitative estimate of drug-likeness (QED) is 0.722. The van der Waals surface area contributed by atoms with Gasteiger partial charge in [-0.05, 0) is 0 Å². The number of aliphatic hydroxyl groups excluding tert-OH is 1. The van der Waals surface area contributed by atoms with Crippen molar-refractivity contribution in [3.05, 3.63) is 0 Å². The second-order valence-electron chi connectivity index (χ2n) is 4.21. The first-order valence-corrected chi connectivity index (χ1v) is 4.68. The number of carbonyl (C=O) groups is 1. The van der Waals surface area contributed by atoms with E-state index >= 15 is 0 Å². The van der Waals surface area contributed by atoms with Crippen molar-refractivity contribution in [2.24, 2.45) is 5.41 Å². The molecule has 0 heterocycles. The molecule has 0 aliphatic heterocycles. The van der Waals surface area contributed by atoms with Crippen LogP contribution in [0, 0.1) is 5.41 Å². The van der Waals surface area contributed by atoms with Gasteiger partial charge in [0, 0.05) is 18.6 Å². The minimum atomic E-state index is -4.43. The summed E-state index contributed by atoms with van der Waals surface area (Å²) in [4.78, 5) is 11.0. The van der Waals surface area contributed by atoms with Crippen LogP contribution in [-0.4, -0.2) is 43.6 Å². The number of ether oxygens (including phenoxy) is 1. The number of rotatable bonds is 6. The van der Waals surface area contributed by atoms with Crippen LogP contribution < -0.4 is 5.32 Å². The summed E-state index contributed by atoms with van der Waals surface area (Å²) in [6.45, 7) is 1.40. The number of alkyl halides is 3. The van der Waals surface area contributed by atoms with Gasteiger partial charge in [0.2, 0.25) is 5.91 Å². The number of aliphatic hydroxyl groups is 1. The summed E-state index contributed by atoms with van der Waals surface area (Å²) in [5.74, 6) is -0.634. The van der Waals surface area contributed by atoms with E-state index in [1.54, 1.807) is 13.8 Å². The maximum atomic E-state index is 11.6. The highest BCUT2D eigenvalue weighted by Crippen LogP contribution is 2.14. The Bertz CT molecular complexity index is 229. The van der Waals surface area contributed by atoms with Crippen LogP contribution in [0.2, 0.25) is 0 Å². The number of halogens is 3. The molecule has 0 aliphatic rings. The topological polar surface area (TPSA) is 58.6 Å². The van der Waals surface area contributed by atoms with Crippen LogP contribution in [0.5, 0.6) is 0 Å². The SMILES string of the molecule is CC(C)(CO)CNC(=O)COCC(F)(F)F. The highest BCUT2D eigenvalue weighted by atomic mass is 19.4. The second kappa shape index (κ2) is 6.05. The molecule has 0 spiro atoms. The van der Waals surface area contributed by atoms with Crippen molar-refractivity contribution in [2.75, 3.05) is 26.4 Å². The van der Waals surface area contributed by atoms with Gasteiger partial charge in [-0.3, -0.25) is 4.79 Å². The Balaban J connectivity index is 3.68. The summed E-state index contributed by atoms with van der Waals surface area (Å²) < 4.78 is 39.1. The third kappa shape index (κ3) is 8.49. The minimum absolute atomic E-state index is 0.128. The molecule has 0 saturated carbocycles. The number of amides is 1. The molecule has 0 rings (SSSR count). The molecule has 0 atom stereocenters. The van der Waals surface area contributed by atoms with E-state index in [0.717, 1.165) is 0 Å². The normalized spacial score (nSPS) is 12.6. The lowest BCUT2D eigenvalue weighted by atomic mass is 9.95.